The third kappa shape index (κ3) is 3.36. The SMILES string of the molecule is CCCCC(O)c1cccc(C(=O)O)c1. The van der Waals surface area contributed by atoms with E-state index in [4.69, 9.17) is 5.11 Å². The minimum absolute atomic E-state index is 0.225. The molecular weight excluding hydrogens is 192 g/mol. The second-order valence-electron chi connectivity index (χ2n) is 3.59. The Morgan fingerprint density at radius 3 is 2.80 bits per heavy atom. The van der Waals surface area contributed by atoms with Crippen molar-refractivity contribution in [2.24, 2.45) is 0 Å². The van der Waals surface area contributed by atoms with Gasteiger partial charge in [0.2, 0.25) is 0 Å². The molecule has 1 atom stereocenters. The topological polar surface area (TPSA) is 57.5 Å². The Balaban J connectivity index is 2.76. The van der Waals surface area contributed by atoms with E-state index in [2.05, 4.69) is 6.92 Å². The van der Waals surface area contributed by atoms with Crippen LogP contribution in [0.2, 0.25) is 0 Å². The van der Waals surface area contributed by atoms with Gasteiger partial charge in [-0.3, -0.25) is 0 Å². The summed E-state index contributed by atoms with van der Waals surface area (Å²) >= 11 is 0. The molecule has 0 radical (unpaired) electrons. The highest BCUT2D eigenvalue weighted by atomic mass is 16.4. The first-order chi connectivity index (χ1) is 7.15. The summed E-state index contributed by atoms with van der Waals surface area (Å²) in [6.07, 6.45) is 2.09. The molecule has 3 heteroatoms. The van der Waals surface area contributed by atoms with E-state index in [1.54, 1.807) is 12.1 Å². The van der Waals surface area contributed by atoms with Gasteiger partial charge in [-0.15, -0.1) is 0 Å². The van der Waals surface area contributed by atoms with Crippen LogP contribution in [0, 0.1) is 0 Å². The first-order valence-electron chi connectivity index (χ1n) is 5.16. The molecule has 1 aromatic carbocycles. The number of unbranched alkanes of at least 4 members (excludes halogenated alkanes) is 1. The van der Waals surface area contributed by atoms with Gasteiger partial charge >= 0.3 is 5.97 Å². The van der Waals surface area contributed by atoms with Gasteiger partial charge < -0.3 is 10.2 Å². The third-order valence-corrected chi connectivity index (χ3v) is 2.35. The van der Waals surface area contributed by atoms with Gasteiger partial charge in [-0.1, -0.05) is 31.9 Å². The van der Waals surface area contributed by atoms with Gasteiger partial charge in [0.25, 0.3) is 0 Å². The van der Waals surface area contributed by atoms with Crippen LogP contribution in [0.25, 0.3) is 0 Å². The Labute approximate surface area is 89.4 Å². The second kappa shape index (κ2) is 5.51. The average molecular weight is 208 g/mol. The van der Waals surface area contributed by atoms with Crippen LogP contribution in [-0.4, -0.2) is 16.2 Å². The van der Waals surface area contributed by atoms with Crippen molar-refractivity contribution in [2.75, 3.05) is 0 Å². The van der Waals surface area contributed by atoms with Gasteiger partial charge in [-0.25, -0.2) is 4.79 Å². The van der Waals surface area contributed by atoms with Gasteiger partial charge in [0.1, 0.15) is 0 Å². The fourth-order valence-electron chi connectivity index (χ4n) is 1.44. The van der Waals surface area contributed by atoms with E-state index >= 15 is 0 Å². The molecule has 1 rings (SSSR count). The summed E-state index contributed by atoms with van der Waals surface area (Å²) in [6.45, 7) is 2.06. The minimum atomic E-state index is -0.959. The highest BCUT2D eigenvalue weighted by Gasteiger charge is 2.09. The standard InChI is InChI=1S/C12H16O3/c1-2-3-7-11(13)9-5-4-6-10(8-9)12(14)15/h4-6,8,11,13H,2-3,7H2,1H3,(H,14,15). The molecule has 0 fully saturated rings. The van der Waals surface area contributed by atoms with Gasteiger partial charge in [0, 0.05) is 0 Å². The number of carboxylic acids is 1. The zero-order valence-electron chi connectivity index (χ0n) is 8.81. The molecule has 0 saturated carbocycles. The smallest absolute Gasteiger partial charge is 0.335 e. The lowest BCUT2D eigenvalue weighted by molar-refractivity contribution is 0.0696. The maximum Gasteiger partial charge on any atom is 0.335 e. The van der Waals surface area contributed by atoms with Crippen molar-refractivity contribution in [1.82, 2.24) is 0 Å². The lowest BCUT2D eigenvalue weighted by Crippen LogP contribution is -2.01. The summed E-state index contributed by atoms with van der Waals surface area (Å²) in [4.78, 5) is 10.7. The monoisotopic (exact) mass is 208 g/mol. The Bertz CT molecular complexity index is 333. The molecule has 0 aliphatic heterocycles. The largest absolute Gasteiger partial charge is 0.478 e. The van der Waals surface area contributed by atoms with E-state index in [0.29, 0.717) is 12.0 Å². The molecule has 0 saturated heterocycles. The van der Waals surface area contributed by atoms with Crippen molar-refractivity contribution >= 4 is 5.97 Å². The van der Waals surface area contributed by atoms with E-state index in [-0.39, 0.29) is 5.56 Å². The van der Waals surface area contributed by atoms with Crippen LogP contribution < -0.4 is 0 Å². The van der Waals surface area contributed by atoms with Crippen molar-refractivity contribution in [3.05, 3.63) is 35.4 Å². The van der Waals surface area contributed by atoms with Gasteiger partial charge in [-0.05, 0) is 24.1 Å². The predicted molar refractivity (Wildman–Crippen MR) is 57.9 cm³/mol. The van der Waals surface area contributed by atoms with Crippen molar-refractivity contribution in [3.8, 4) is 0 Å². The molecule has 15 heavy (non-hydrogen) atoms. The number of benzene rings is 1. The summed E-state index contributed by atoms with van der Waals surface area (Å²) in [5.74, 6) is -0.959. The summed E-state index contributed by atoms with van der Waals surface area (Å²) < 4.78 is 0. The molecule has 0 bridgehead atoms. The number of aliphatic hydroxyl groups excluding tert-OH is 1. The number of carbonyl (C=O) groups is 1. The lowest BCUT2D eigenvalue weighted by Gasteiger charge is -2.10. The highest BCUT2D eigenvalue weighted by molar-refractivity contribution is 5.87. The number of aliphatic hydroxyl groups is 1. The van der Waals surface area contributed by atoms with E-state index in [0.717, 1.165) is 12.8 Å². The van der Waals surface area contributed by atoms with Crippen LogP contribution in [0.15, 0.2) is 24.3 Å². The number of rotatable bonds is 5. The Morgan fingerprint density at radius 1 is 1.47 bits per heavy atom. The zero-order chi connectivity index (χ0) is 11.3. The maximum atomic E-state index is 10.7. The van der Waals surface area contributed by atoms with Crippen molar-refractivity contribution in [1.29, 1.82) is 0 Å². The fraction of sp³-hybridized carbons (Fsp3) is 0.417. The van der Waals surface area contributed by atoms with Crippen LogP contribution >= 0.6 is 0 Å². The molecule has 82 valence electrons. The molecule has 0 aliphatic carbocycles. The van der Waals surface area contributed by atoms with Gasteiger partial charge in [-0.2, -0.15) is 0 Å². The molecule has 0 heterocycles. The number of hydrogen-bond donors (Lipinski definition) is 2. The van der Waals surface area contributed by atoms with E-state index in [9.17, 15) is 9.90 Å². The van der Waals surface area contributed by atoms with Gasteiger partial charge in [0.15, 0.2) is 0 Å². The third-order valence-electron chi connectivity index (χ3n) is 2.35. The number of carboxylic acid groups (broad SMARTS) is 1. The predicted octanol–water partition coefficient (Wildman–Crippen LogP) is 2.61. The average Bonchev–Trinajstić information content (AvgIpc) is 2.26. The number of aromatic carboxylic acids is 1. The van der Waals surface area contributed by atoms with E-state index < -0.39 is 12.1 Å². The molecule has 1 unspecified atom stereocenters. The molecule has 0 spiro atoms. The molecular formula is C12H16O3. The second-order valence-corrected chi connectivity index (χ2v) is 3.59. The molecule has 2 N–H and O–H groups in total. The first-order valence-corrected chi connectivity index (χ1v) is 5.16. The van der Waals surface area contributed by atoms with E-state index in [1.807, 2.05) is 0 Å². The van der Waals surface area contributed by atoms with Crippen LogP contribution in [0.3, 0.4) is 0 Å². The maximum absolute atomic E-state index is 10.7. The highest BCUT2D eigenvalue weighted by Crippen LogP contribution is 2.19. The Hall–Kier alpha value is -1.35. The summed E-state index contributed by atoms with van der Waals surface area (Å²) in [7, 11) is 0. The van der Waals surface area contributed by atoms with Gasteiger partial charge in [0.05, 0.1) is 11.7 Å². The van der Waals surface area contributed by atoms with Crippen LogP contribution in [-0.2, 0) is 0 Å². The molecule has 3 nitrogen and oxygen atoms in total. The van der Waals surface area contributed by atoms with Crippen LogP contribution in [0.1, 0.15) is 48.2 Å². The normalized spacial score (nSPS) is 12.4. The summed E-state index contributed by atoms with van der Waals surface area (Å²) in [5, 5.41) is 18.6. The lowest BCUT2D eigenvalue weighted by atomic mass is 10.0. The molecule has 0 amide bonds. The molecule has 0 aliphatic rings. The summed E-state index contributed by atoms with van der Waals surface area (Å²) in [5.41, 5.74) is 0.909. The number of hydrogen-bond acceptors (Lipinski definition) is 2. The molecule has 1 aromatic rings. The minimum Gasteiger partial charge on any atom is -0.478 e. The van der Waals surface area contributed by atoms with Crippen LogP contribution in [0.5, 0.6) is 0 Å². The fourth-order valence-corrected chi connectivity index (χ4v) is 1.44. The van der Waals surface area contributed by atoms with Crippen molar-refractivity contribution < 1.29 is 15.0 Å². The summed E-state index contributed by atoms with van der Waals surface area (Å²) in [6, 6.07) is 6.47. The molecule has 0 aromatic heterocycles. The Morgan fingerprint density at radius 2 is 2.20 bits per heavy atom. The van der Waals surface area contributed by atoms with Crippen molar-refractivity contribution in [2.45, 2.75) is 32.3 Å². The first kappa shape index (κ1) is 11.7. The Kier molecular flexibility index (Phi) is 4.31. The van der Waals surface area contributed by atoms with E-state index in [1.165, 1.54) is 12.1 Å². The quantitative estimate of drug-likeness (QED) is 0.782. The van der Waals surface area contributed by atoms with Crippen molar-refractivity contribution in [3.63, 3.8) is 0 Å². The van der Waals surface area contributed by atoms with Crippen LogP contribution in [0.4, 0.5) is 0 Å². The zero-order valence-corrected chi connectivity index (χ0v) is 8.81.